The fraction of sp³-hybridized carbons (Fsp3) is 0.583. The predicted octanol–water partition coefficient (Wildman–Crippen LogP) is -1.08. The van der Waals surface area contributed by atoms with E-state index < -0.39 is 23.7 Å². The zero-order valence-corrected chi connectivity index (χ0v) is 11.2. The third-order valence-electron chi connectivity index (χ3n) is 3.15. The molecule has 1 fully saturated rings. The third-order valence-corrected chi connectivity index (χ3v) is 3.15. The molecule has 0 aliphatic carbocycles. The Kier molecular flexibility index (Phi) is 4.05. The topological polar surface area (TPSA) is 105 Å². The van der Waals surface area contributed by atoms with Crippen molar-refractivity contribution in [2.24, 2.45) is 0 Å². The molecule has 1 atom stereocenters. The van der Waals surface area contributed by atoms with Crippen molar-refractivity contribution in [3.8, 4) is 0 Å². The van der Waals surface area contributed by atoms with E-state index in [1.165, 1.54) is 12.3 Å². The van der Waals surface area contributed by atoms with Crippen LogP contribution in [0.5, 0.6) is 0 Å². The first-order valence-corrected chi connectivity index (χ1v) is 6.26. The molecule has 8 heteroatoms. The number of hydrogen-bond acceptors (Lipinski definition) is 6. The molecule has 8 nitrogen and oxygen atoms in total. The number of ether oxygens (including phenoxy) is 1. The number of carboxylic acids is 1. The molecule has 0 bridgehead atoms. The lowest BCUT2D eigenvalue weighted by Gasteiger charge is -2.28. The summed E-state index contributed by atoms with van der Waals surface area (Å²) in [6.07, 6.45) is 1.49. The molecule has 0 radical (unpaired) electrons. The maximum absolute atomic E-state index is 11.9. The van der Waals surface area contributed by atoms with Crippen molar-refractivity contribution in [2.45, 2.75) is 19.1 Å². The van der Waals surface area contributed by atoms with Crippen molar-refractivity contribution in [2.75, 3.05) is 31.2 Å². The summed E-state index contributed by atoms with van der Waals surface area (Å²) < 4.78 is 6.17. The Bertz CT molecular complexity index is 548. The zero-order chi connectivity index (χ0) is 14.8. The number of hydrogen-bond donors (Lipinski definition) is 2. The van der Waals surface area contributed by atoms with Crippen LogP contribution in [-0.4, -0.2) is 57.9 Å². The lowest BCUT2D eigenvalue weighted by molar-refractivity contribution is -0.158. The summed E-state index contributed by atoms with van der Waals surface area (Å²) in [6, 6.07) is 1.39. The van der Waals surface area contributed by atoms with Gasteiger partial charge in [-0.3, -0.25) is 4.79 Å². The first kappa shape index (κ1) is 14.5. The van der Waals surface area contributed by atoms with Crippen molar-refractivity contribution >= 4 is 11.7 Å². The minimum Gasteiger partial charge on any atom is -0.479 e. The van der Waals surface area contributed by atoms with E-state index in [4.69, 9.17) is 9.84 Å². The smallest absolute Gasteiger partial charge is 0.337 e. The Morgan fingerprint density at radius 3 is 2.70 bits per heavy atom. The molecule has 2 rings (SSSR count). The lowest BCUT2D eigenvalue weighted by Crippen LogP contribution is -2.43. The molecular weight excluding hydrogens is 266 g/mol. The van der Waals surface area contributed by atoms with E-state index in [2.05, 4.69) is 5.10 Å². The van der Waals surface area contributed by atoms with Gasteiger partial charge in [0, 0.05) is 19.2 Å². The standard InChI is InChI=1S/C12H17N3O5/c1-12(19,11(17)18)8-15-10(16)6-9(7-13-15)14-2-4-20-5-3-14/h6-7,19H,2-5,8H2,1H3,(H,17,18). The van der Waals surface area contributed by atoms with Gasteiger partial charge in [0.2, 0.25) is 0 Å². The molecule has 0 aromatic carbocycles. The fourth-order valence-electron chi connectivity index (χ4n) is 1.90. The van der Waals surface area contributed by atoms with E-state index in [0.29, 0.717) is 32.0 Å². The molecular formula is C12H17N3O5. The molecule has 20 heavy (non-hydrogen) atoms. The van der Waals surface area contributed by atoms with Gasteiger partial charge in [-0.05, 0) is 6.92 Å². The fourth-order valence-corrected chi connectivity index (χ4v) is 1.90. The summed E-state index contributed by atoms with van der Waals surface area (Å²) >= 11 is 0. The van der Waals surface area contributed by atoms with Crippen molar-refractivity contribution < 1.29 is 19.7 Å². The minimum absolute atomic E-state index is 0.398. The normalized spacial score (nSPS) is 18.6. The van der Waals surface area contributed by atoms with E-state index in [0.717, 1.165) is 11.6 Å². The van der Waals surface area contributed by atoms with Crippen LogP contribution in [0.1, 0.15) is 6.92 Å². The van der Waals surface area contributed by atoms with Gasteiger partial charge in [0.25, 0.3) is 5.56 Å². The summed E-state index contributed by atoms with van der Waals surface area (Å²) in [5.74, 6) is -1.40. The van der Waals surface area contributed by atoms with E-state index in [9.17, 15) is 14.7 Å². The van der Waals surface area contributed by atoms with Crippen LogP contribution in [0.15, 0.2) is 17.1 Å². The number of morpholine rings is 1. The summed E-state index contributed by atoms with van der Waals surface area (Å²) in [7, 11) is 0. The van der Waals surface area contributed by atoms with E-state index in [1.54, 1.807) is 0 Å². The third kappa shape index (κ3) is 3.14. The summed E-state index contributed by atoms with van der Waals surface area (Å²) in [4.78, 5) is 24.7. The Balaban J connectivity index is 2.17. The quantitative estimate of drug-likeness (QED) is 0.723. The highest BCUT2D eigenvalue weighted by Crippen LogP contribution is 2.12. The van der Waals surface area contributed by atoms with Gasteiger partial charge in [0.15, 0.2) is 5.60 Å². The van der Waals surface area contributed by atoms with Crippen LogP contribution < -0.4 is 10.5 Å². The number of carboxylic acid groups (broad SMARTS) is 1. The monoisotopic (exact) mass is 283 g/mol. The molecule has 1 aliphatic rings. The zero-order valence-electron chi connectivity index (χ0n) is 11.2. The van der Waals surface area contributed by atoms with Crippen LogP contribution in [0.2, 0.25) is 0 Å². The SMILES string of the molecule is CC(O)(Cn1ncc(N2CCOCC2)cc1=O)C(=O)O. The van der Waals surface area contributed by atoms with Crippen LogP contribution in [0.4, 0.5) is 5.69 Å². The number of nitrogens with zero attached hydrogens (tertiary/aromatic N) is 3. The van der Waals surface area contributed by atoms with E-state index in [-0.39, 0.29) is 0 Å². The lowest BCUT2D eigenvalue weighted by atomic mass is 10.1. The maximum Gasteiger partial charge on any atom is 0.337 e. The van der Waals surface area contributed by atoms with Gasteiger partial charge in [0.1, 0.15) is 0 Å². The Morgan fingerprint density at radius 1 is 1.50 bits per heavy atom. The number of aromatic nitrogens is 2. The molecule has 1 unspecified atom stereocenters. The first-order chi connectivity index (χ1) is 9.40. The van der Waals surface area contributed by atoms with Gasteiger partial charge in [-0.25, -0.2) is 9.48 Å². The number of rotatable bonds is 4. The van der Waals surface area contributed by atoms with Gasteiger partial charge >= 0.3 is 5.97 Å². The highest BCUT2D eigenvalue weighted by molar-refractivity contribution is 5.76. The summed E-state index contributed by atoms with van der Waals surface area (Å²) in [5, 5.41) is 22.4. The molecule has 0 spiro atoms. The molecule has 1 aromatic rings. The molecule has 2 N–H and O–H groups in total. The Labute approximate surface area is 115 Å². The van der Waals surface area contributed by atoms with E-state index in [1.807, 2.05) is 4.90 Å². The molecule has 0 amide bonds. The van der Waals surface area contributed by atoms with Crippen LogP contribution in [0, 0.1) is 0 Å². The largest absolute Gasteiger partial charge is 0.479 e. The predicted molar refractivity (Wildman–Crippen MR) is 69.8 cm³/mol. The number of aliphatic carboxylic acids is 1. The first-order valence-electron chi connectivity index (χ1n) is 6.26. The molecule has 1 saturated heterocycles. The molecule has 0 saturated carbocycles. The average Bonchev–Trinajstić information content (AvgIpc) is 2.41. The molecule has 110 valence electrons. The molecule has 2 heterocycles. The second kappa shape index (κ2) is 5.59. The Morgan fingerprint density at radius 2 is 2.15 bits per heavy atom. The highest BCUT2D eigenvalue weighted by Gasteiger charge is 2.31. The number of carbonyl (C=O) groups is 1. The van der Waals surface area contributed by atoms with Gasteiger partial charge in [-0.15, -0.1) is 0 Å². The maximum atomic E-state index is 11.9. The van der Waals surface area contributed by atoms with Gasteiger partial charge in [0.05, 0.1) is 31.6 Å². The van der Waals surface area contributed by atoms with Gasteiger partial charge in [-0.1, -0.05) is 0 Å². The van der Waals surface area contributed by atoms with E-state index >= 15 is 0 Å². The minimum atomic E-state index is -2.03. The number of aliphatic hydroxyl groups is 1. The van der Waals surface area contributed by atoms with Crippen LogP contribution in [0.25, 0.3) is 0 Å². The Hall–Kier alpha value is -1.93. The molecule has 1 aliphatic heterocycles. The second-order valence-corrected chi connectivity index (χ2v) is 4.89. The number of anilines is 1. The van der Waals surface area contributed by atoms with Gasteiger partial charge < -0.3 is 19.8 Å². The summed E-state index contributed by atoms with van der Waals surface area (Å²) in [6.45, 7) is 3.27. The van der Waals surface area contributed by atoms with Crippen molar-refractivity contribution in [1.82, 2.24) is 9.78 Å². The average molecular weight is 283 g/mol. The van der Waals surface area contributed by atoms with Crippen molar-refractivity contribution in [1.29, 1.82) is 0 Å². The van der Waals surface area contributed by atoms with Crippen molar-refractivity contribution in [3.63, 3.8) is 0 Å². The van der Waals surface area contributed by atoms with Crippen LogP contribution in [-0.2, 0) is 16.1 Å². The second-order valence-electron chi connectivity index (χ2n) is 4.89. The highest BCUT2D eigenvalue weighted by atomic mass is 16.5. The van der Waals surface area contributed by atoms with Gasteiger partial charge in [-0.2, -0.15) is 5.10 Å². The van der Waals surface area contributed by atoms with Crippen LogP contribution in [0.3, 0.4) is 0 Å². The molecule has 1 aromatic heterocycles. The van der Waals surface area contributed by atoms with Crippen molar-refractivity contribution in [3.05, 3.63) is 22.6 Å². The summed E-state index contributed by atoms with van der Waals surface area (Å²) in [5.41, 5.74) is -1.81. The van der Waals surface area contributed by atoms with Crippen LogP contribution >= 0.6 is 0 Å².